The molecule has 1 aromatic carbocycles. The summed E-state index contributed by atoms with van der Waals surface area (Å²) < 4.78 is 0. The predicted octanol–water partition coefficient (Wildman–Crippen LogP) is 4.36. The van der Waals surface area contributed by atoms with Gasteiger partial charge in [-0.1, -0.05) is 60.3 Å². The molecule has 0 saturated carbocycles. The van der Waals surface area contributed by atoms with Crippen LogP contribution in [0, 0.1) is 17.2 Å². The fourth-order valence-corrected chi connectivity index (χ4v) is 5.73. The molecule has 0 bridgehead atoms. The van der Waals surface area contributed by atoms with Gasteiger partial charge in [0.1, 0.15) is 11.8 Å². The van der Waals surface area contributed by atoms with Gasteiger partial charge in [-0.3, -0.25) is 14.6 Å². The molecule has 1 N–H and O–H groups in total. The van der Waals surface area contributed by atoms with Gasteiger partial charge in [0.15, 0.2) is 5.92 Å². The summed E-state index contributed by atoms with van der Waals surface area (Å²) >= 11 is 3.04. The highest BCUT2D eigenvalue weighted by Gasteiger charge is 2.44. The largest absolute Gasteiger partial charge is 0.350 e. The van der Waals surface area contributed by atoms with Crippen LogP contribution >= 0.6 is 23.1 Å². The van der Waals surface area contributed by atoms with E-state index in [0.29, 0.717) is 0 Å². The molecule has 1 amide bonds. The maximum atomic E-state index is 13.5. The van der Waals surface area contributed by atoms with Crippen LogP contribution in [-0.4, -0.2) is 28.5 Å². The van der Waals surface area contributed by atoms with Gasteiger partial charge in [-0.25, -0.2) is 0 Å². The first-order valence-electron chi connectivity index (χ1n) is 10.6. The number of Topliss-reactive ketones (excluding diaryl/α,β-unsaturated/α-hetero) is 1. The Hall–Kier alpha value is -3.41. The summed E-state index contributed by atoms with van der Waals surface area (Å²) in [5.74, 6) is -2.62. The van der Waals surface area contributed by atoms with Gasteiger partial charge in [0.05, 0.1) is 18.7 Å². The Morgan fingerprint density at radius 2 is 2.03 bits per heavy atom. The summed E-state index contributed by atoms with van der Waals surface area (Å²) in [5.41, 5.74) is 1.99. The minimum Gasteiger partial charge on any atom is -0.350 e. The van der Waals surface area contributed by atoms with E-state index in [1.54, 1.807) is 0 Å². The Kier molecular flexibility index (Phi) is 5.99. The minimum atomic E-state index is -1.45. The van der Waals surface area contributed by atoms with Gasteiger partial charge in [0, 0.05) is 15.3 Å². The number of nitrogens with one attached hydrogen (secondary N) is 1. The first-order valence-corrected chi connectivity index (χ1v) is 12.3. The molecule has 3 heterocycles. The number of nitrogens with zero attached hydrogens (tertiary/aromatic N) is 3. The van der Waals surface area contributed by atoms with Gasteiger partial charge >= 0.3 is 0 Å². The quantitative estimate of drug-likeness (QED) is 0.499. The fraction of sp³-hybridized carbons (Fsp3) is 0.200. The zero-order chi connectivity index (χ0) is 22.8. The number of allylic oxidation sites excluding steroid dienone is 2. The van der Waals surface area contributed by atoms with E-state index in [1.807, 2.05) is 58.3 Å². The number of hydrazone groups is 1. The second-order valence-electron chi connectivity index (χ2n) is 7.77. The third-order valence-corrected chi connectivity index (χ3v) is 7.60. The summed E-state index contributed by atoms with van der Waals surface area (Å²) in [7, 11) is 0. The normalized spacial score (nSPS) is 19.7. The number of hydrogen-bond donors (Lipinski definition) is 1. The SMILES string of the molecule is N#CC(C(=O)NCc1cccs1)C(=O)C1=NN(C2C=CCC=C2)C2C1=CSc1ccccc12. The highest BCUT2D eigenvalue weighted by atomic mass is 32.2. The number of benzene rings is 1. The maximum Gasteiger partial charge on any atom is 0.245 e. The number of ketones is 1. The molecule has 1 aliphatic carbocycles. The number of hydrogen-bond acceptors (Lipinski definition) is 7. The van der Waals surface area contributed by atoms with E-state index < -0.39 is 17.6 Å². The molecule has 8 heteroatoms. The smallest absolute Gasteiger partial charge is 0.245 e. The molecule has 2 aromatic rings. The first-order chi connectivity index (χ1) is 16.2. The molecule has 2 atom stereocenters. The molecule has 6 nitrogen and oxygen atoms in total. The van der Waals surface area contributed by atoms with Gasteiger partial charge < -0.3 is 5.32 Å². The third-order valence-electron chi connectivity index (χ3n) is 5.72. The lowest BCUT2D eigenvalue weighted by molar-refractivity contribution is -0.128. The number of carbonyl (C=O) groups excluding carboxylic acids is 2. The van der Waals surface area contributed by atoms with Crippen LogP contribution in [0.15, 0.2) is 87.1 Å². The maximum absolute atomic E-state index is 13.5. The monoisotopic (exact) mass is 472 g/mol. The average molecular weight is 473 g/mol. The second kappa shape index (κ2) is 9.22. The molecule has 164 valence electrons. The molecule has 3 aliphatic rings. The summed E-state index contributed by atoms with van der Waals surface area (Å²) in [4.78, 5) is 28.3. The van der Waals surface area contributed by atoms with Crippen LogP contribution in [0.5, 0.6) is 0 Å². The van der Waals surface area contributed by atoms with Crippen molar-refractivity contribution in [2.24, 2.45) is 11.0 Å². The van der Waals surface area contributed by atoms with Crippen molar-refractivity contribution in [1.82, 2.24) is 10.3 Å². The van der Waals surface area contributed by atoms with Crippen molar-refractivity contribution in [3.05, 3.63) is 87.5 Å². The molecule has 0 saturated heterocycles. The van der Waals surface area contributed by atoms with Crippen LogP contribution in [0.3, 0.4) is 0 Å². The molecule has 0 radical (unpaired) electrons. The van der Waals surface area contributed by atoms with Crippen molar-refractivity contribution in [3.63, 3.8) is 0 Å². The summed E-state index contributed by atoms with van der Waals surface area (Å²) in [5, 5.41) is 22.9. The molecule has 0 fully saturated rings. The van der Waals surface area contributed by atoms with Crippen molar-refractivity contribution in [2.75, 3.05) is 0 Å². The van der Waals surface area contributed by atoms with Crippen molar-refractivity contribution >= 4 is 40.5 Å². The Balaban J connectivity index is 1.45. The van der Waals surface area contributed by atoms with Gasteiger partial charge in [0.2, 0.25) is 11.7 Å². The summed E-state index contributed by atoms with van der Waals surface area (Å²) in [6, 6.07) is 13.4. The fourth-order valence-electron chi connectivity index (χ4n) is 4.12. The number of thiophene rings is 1. The van der Waals surface area contributed by atoms with E-state index in [1.165, 1.54) is 23.1 Å². The Morgan fingerprint density at radius 3 is 2.79 bits per heavy atom. The molecule has 2 unspecified atom stereocenters. The Labute approximate surface area is 200 Å². The summed E-state index contributed by atoms with van der Waals surface area (Å²) in [6.45, 7) is 0.284. The van der Waals surface area contributed by atoms with Crippen LogP contribution in [0.25, 0.3) is 0 Å². The number of rotatable bonds is 6. The van der Waals surface area contributed by atoms with Crippen LogP contribution in [0.2, 0.25) is 0 Å². The van der Waals surface area contributed by atoms with Crippen LogP contribution in [0.4, 0.5) is 0 Å². The zero-order valence-corrected chi connectivity index (χ0v) is 19.2. The van der Waals surface area contributed by atoms with Crippen LogP contribution < -0.4 is 5.32 Å². The van der Waals surface area contributed by atoms with E-state index in [9.17, 15) is 14.9 Å². The van der Waals surface area contributed by atoms with Crippen LogP contribution in [0.1, 0.15) is 22.9 Å². The molecule has 2 aliphatic heterocycles. The number of fused-ring (bicyclic) bond motifs is 3. The molecular formula is C25H20N4O2S2. The van der Waals surface area contributed by atoms with Crippen molar-refractivity contribution in [3.8, 4) is 6.07 Å². The standard InChI is InChI=1S/C25H20N4O2S2/c26-13-19(25(31)27-14-17-9-6-12-32-17)24(30)22-20-15-33-21-11-5-4-10-18(21)23(20)29(28-22)16-7-2-1-3-8-16/h2-12,15-16,19,23H,1,14H2,(H,27,31). The van der Waals surface area contributed by atoms with Crippen molar-refractivity contribution < 1.29 is 9.59 Å². The molecular weight excluding hydrogens is 452 g/mol. The molecule has 5 rings (SSSR count). The number of amides is 1. The van der Waals surface area contributed by atoms with Crippen LogP contribution in [-0.2, 0) is 16.1 Å². The van der Waals surface area contributed by atoms with Gasteiger partial charge in [-0.15, -0.1) is 11.3 Å². The number of thioether (sulfide) groups is 1. The zero-order valence-electron chi connectivity index (χ0n) is 17.5. The minimum absolute atomic E-state index is 0.109. The van der Waals surface area contributed by atoms with E-state index in [0.717, 1.165) is 27.3 Å². The highest BCUT2D eigenvalue weighted by molar-refractivity contribution is 8.02. The van der Waals surface area contributed by atoms with Gasteiger partial charge in [-0.2, -0.15) is 10.4 Å². The van der Waals surface area contributed by atoms with E-state index >= 15 is 0 Å². The number of nitriles is 1. The highest BCUT2D eigenvalue weighted by Crippen LogP contribution is 2.47. The summed E-state index contributed by atoms with van der Waals surface area (Å²) in [6.07, 6.45) is 9.13. The predicted molar refractivity (Wildman–Crippen MR) is 129 cm³/mol. The van der Waals surface area contributed by atoms with Crippen molar-refractivity contribution in [2.45, 2.75) is 29.9 Å². The lowest BCUT2D eigenvalue weighted by Crippen LogP contribution is -2.37. The Morgan fingerprint density at radius 1 is 1.21 bits per heavy atom. The first kappa shape index (κ1) is 21.4. The lowest BCUT2D eigenvalue weighted by atomic mass is 9.90. The third kappa shape index (κ3) is 4.06. The van der Waals surface area contributed by atoms with Gasteiger partial charge in [0.25, 0.3) is 0 Å². The van der Waals surface area contributed by atoms with E-state index in [2.05, 4.69) is 29.6 Å². The van der Waals surface area contributed by atoms with E-state index in [-0.39, 0.29) is 24.3 Å². The average Bonchev–Trinajstić information content (AvgIpc) is 3.52. The molecule has 33 heavy (non-hydrogen) atoms. The molecule has 0 spiro atoms. The molecule has 1 aromatic heterocycles. The van der Waals surface area contributed by atoms with E-state index in [4.69, 9.17) is 5.10 Å². The van der Waals surface area contributed by atoms with Crippen molar-refractivity contribution in [1.29, 1.82) is 5.26 Å². The van der Waals surface area contributed by atoms with Gasteiger partial charge in [-0.05, 0) is 34.9 Å². The topological polar surface area (TPSA) is 85.6 Å². The lowest BCUT2D eigenvalue weighted by Gasteiger charge is -2.32. The Bertz CT molecular complexity index is 1240. The number of carbonyl (C=O) groups is 2. The second-order valence-corrected chi connectivity index (χ2v) is 9.71.